The molecule has 0 saturated carbocycles. The minimum atomic E-state index is -0.607. The van der Waals surface area contributed by atoms with Crippen LogP contribution in [0.5, 0.6) is 0 Å². The van der Waals surface area contributed by atoms with Crippen LogP contribution in [0.2, 0.25) is 0 Å². The second kappa shape index (κ2) is 8.65. The highest BCUT2D eigenvalue weighted by Crippen LogP contribution is 1.96. The molecule has 1 amide bonds. The van der Waals surface area contributed by atoms with Gasteiger partial charge >= 0.3 is 0 Å². The fourth-order valence-corrected chi connectivity index (χ4v) is 0.979. The van der Waals surface area contributed by atoms with Crippen molar-refractivity contribution in [2.24, 2.45) is 11.5 Å². The maximum Gasteiger partial charge on any atom is 0.238 e. The van der Waals surface area contributed by atoms with E-state index in [2.05, 4.69) is 5.32 Å². The molecule has 5 nitrogen and oxygen atoms in total. The summed E-state index contributed by atoms with van der Waals surface area (Å²) in [5.74, 6) is -0.206. The van der Waals surface area contributed by atoms with E-state index in [9.17, 15) is 9.59 Å². The van der Waals surface area contributed by atoms with Gasteiger partial charge in [0.05, 0.1) is 6.04 Å². The number of amides is 1. The summed E-state index contributed by atoms with van der Waals surface area (Å²) in [4.78, 5) is 21.1. The van der Waals surface area contributed by atoms with Gasteiger partial charge in [0.2, 0.25) is 5.91 Å². The Bertz CT molecular complexity index is 173. The van der Waals surface area contributed by atoms with Gasteiger partial charge in [-0.2, -0.15) is 0 Å². The second-order valence-electron chi connectivity index (χ2n) is 3.15. The molecular weight excluding hydrogens is 182 g/mol. The number of carbonyl (C=O) groups excluding carboxylic acids is 2. The number of nitrogens with one attached hydrogen (secondary N) is 1. The third kappa shape index (κ3) is 6.56. The molecule has 5 N–H and O–H groups in total. The number of hydrogen-bond acceptors (Lipinski definition) is 4. The van der Waals surface area contributed by atoms with Crippen molar-refractivity contribution >= 4 is 12.2 Å². The van der Waals surface area contributed by atoms with Gasteiger partial charge in [0.15, 0.2) is 0 Å². The molecule has 0 radical (unpaired) electrons. The molecule has 0 aliphatic carbocycles. The average molecular weight is 201 g/mol. The minimum Gasteiger partial charge on any atom is -0.355 e. The first-order chi connectivity index (χ1) is 6.72. The number of hydrogen-bond donors (Lipinski definition) is 3. The summed E-state index contributed by atoms with van der Waals surface area (Å²) in [6.07, 6.45) is 4.19. The summed E-state index contributed by atoms with van der Waals surface area (Å²) in [7, 11) is 0. The molecule has 0 aromatic heterocycles. The van der Waals surface area contributed by atoms with Crippen LogP contribution in [0.15, 0.2) is 0 Å². The molecule has 0 aromatic rings. The van der Waals surface area contributed by atoms with Crippen LogP contribution in [-0.2, 0) is 9.59 Å². The molecule has 0 spiro atoms. The van der Waals surface area contributed by atoms with Crippen molar-refractivity contribution in [3.8, 4) is 0 Å². The Morgan fingerprint density at radius 3 is 2.64 bits per heavy atom. The maximum atomic E-state index is 11.1. The first-order valence-corrected chi connectivity index (χ1v) is 4.89. The van der Waals surface area contributed by atoms with E-state index in [1.54, 1.807) is 0 Å². The molecule has 0 aromatic carbocycles. The molecule has 0 bridgehead atoms. The Hall–Kier alpha value is -0.940. The van der Waals surface area contributed by atoms with Crippen LogP contribution in [0.1, 0.15) is 25.7 Å². The monoisotopic (exact) mass is 201 g/mol. The van der Waals surface area contributed by atoms with Crippen LogP contribution in [0.3, 0.4) is 0 Å². The lowest BCUT2D eigenvalue weighted by Crippen LogP contribution is -2.45. The number of unbranched alkanes of at least 4 members (excludes halogenated alkanes) is 3. The SMILES string of the molecule is NC[C@@H](N)C(=O)NCCCCCC=O. The van der Waals surface area contributed by atoms with Crippen molar-refractivity contribution in [2.45, 2.75) is 31.7 Å². The molecule has 0 aliphatic heterocycles. The van der Waals surface area contributed by atoms with Gasteiger partial charge in [-0.15, -0.1) is 0 Å². The van der Waals surface area contributed by atoms with E-state index in [1.165, 1.54) is 0 Å². The van der Waals surface area contributed by atoms with Crippen LogP contribution < -0.4 is 16.8 Å². The van der Waals surface area contributed by atoms with E-state index in [0.717, 1.165) is 25.5 Å². The topological polar surface area (TPSA) is 98.2 Å². The Morgan fingerprint density at radius 2 is 2.07 bits per heavy atom. The van der Waals surface area contributed by atoms with Gasteiger partial charge in [-0.3, -0.25) is 4.79 Å². The van der Waals surface area contributed by atoms with Gasteiger partial charge in [-0.25, -0.2) is 0 Å². The summed E-state index contributed by atoms with van der Waals surface area (Å²) in [6, 6.07) is -0.607. The van der Waals surface area contributed by atoms with Crippen LogP contribution in [0.4, 0.5) is 0 Å². The lowest BCUT2D eigenvalue weighted by molar-refractivity contribution is -0.122. The molecule has 0 fully saturated rings. The van der Waals surface area contributed by atoms with Crippen molar-refractivity contribution in [2.75, 3.05) is 13.1 Å². The molecule has 0 unspecified atom stereocenters. The van der Waals surface area contributed by atoms with Gasteiger partial charge in [0.1, 0.15) is 6.29 Å². The van der Waals surface area contributed by atoms with Crippen molar-refractivity contribution in [1.29, 1.82) is 0 Å². The second-order valence-corrected chi connectivity index (χ2v) is 3.15. The predicted octanol–water partition coefficient (Wildman–Crippen LogP) is -0.852. The van der Waals surface area contributed by atoms with Gasteiger partial charge in [0, 0.05) is 19.5 Å². The van der Waals surface area contributed by atoms with E-state index in [1.807, 2.05) is 0 Å². The zero-order valence-corrected chi connectivity index (χ0v) is 8.37. The highest BCUT2D eigenvalue weighted by atomic mass is 16.2. The number of nitrogens with two attached hydrogens (primary N) is 2. The summed E-state index contributed by atoms with van der Waals surface area (Å²) in [5.41, 5.74) is 10.6. The highest BCUT2D eigenvalue weighted by Gasteiger charge is 2.09. The van der Waals surface area contributed by atoms with Gasteiger partial charge in [-0.1, -0.05) is 6.42 Å². The van der Waals surface area contributed by atoms with E-state index in [4.69, 9.17) is 11.5 Å². The van der Waals surface area contributed by atoms with Gasteiger partial charge in [-0.05, 0) is 12.8 Å². The molecule has 82 valence electrons. The Labute approximate surface area is 84.2 Å². The fraction of sp³-hybridized carbons (Fsp3) is 0.778. The zero-order chi connectivity index (χ0) is 10.8. The van der Waals surface area contributed by atoms with Crippen molar-refractivity contribution < 1.29 is 9.59 Å². The first-order valence-electron chi connectivity index (χ1n) is 4.89. The maximum absolute atomic E-state index is 11.1. The van der Waals surface area contributed by atoms with E-state index in [-0.39, 0.29) is 12.5 Å². The lowest BCUT2D eigenvalue weighted by Gasteiger charge is -2.09. The summed E-state index contributed by atoms with van der Waals surface area (Å²) < 4.78 is 0. The summed E-state index contributed by atoms with van der Waals surface area (Å²) in [5, 5.41) is 2.68. The average Bonchev–Trinajstić information content (AvgIpc) is 2.21. The number of rotatable bonds is 8. The quantitative estimate of drug-likeness (QED) is 0.352. The van der Waals surface area contributed by atoms with Gasteiger partial charge < -0.3 is 21.6 Å². The predicted molar refractivity (Wildman–Crippen MR) is 54.6 cm³/mol. The number of carbonyl (C=O) groups is 2. The molecule has 5 heteroatoms. The van der Waals surface area contributed by atoms with Gasteiger partial charge in [0.25, 0.3) is 0 Å². The Kier molecular flexibility index (Phi) is 8.07. The van der Waals surface area contributed by atoms with Crippen LogP contribution in [-0.4, -0.2) is 31.3 Å². The van der Waals surface area contributed by atoms with Crippen molar-refractivity contribution in [3.05, 3.63) is 0 Å². The molecule has 0 rings (SSSR count). The van der Waals surface area contributed by atoms with Crippen molar-refractivity contribution in [3.63, 3.8) is 0 Å². The third-order valence-corrected chi connectivity index (χ3v) is 1.89. The molecule has 14 heavy (non-hydrogen) atoms. The summed E-state index contributed by atoms with van der Waals surface area (Å²) >= 11 is 0. The standard InChI is InChI=1S/C9H19N3O2/c10-7-8(11)9(14)12-5-3-1-2-4-6-13/h6,8H,1-5,7,10-11H2,(H,12,14)/t8-/m1/s1. The lowest BCUT2D eigenvalue weighted by atomic mass is 10.2. The first kappa shape index (κ1) is 13.1. The molecule has 0 saturated heterocycles. The number of aldehydes is 1. The van der Waals surface area contributed by atoms with E-state index < -0.39 is 6.04 Å². The van der Waals surface area contributed by atoms with Crippen LogP contribution in [0.25, 0.3) is 0 Å². The highest BCUT2D eigenvalue weighted by molar-refractivity contribution is 5.81. The Balaban J connectivity index is 3.27. The minimum absolute atomic E-state index is 0.164. The normalized spacial score (nSPS) is 12.1. The molecule has 0 heterocycles. The zero-order valence-electron chi connectivity index (χ0n) is 8.37. The molecular formula is C9H19N3O2. The molecule has 0 aliphatic rings. The fourth-order valence-electron chi connectivity index (χ4n) is 0.979. The summed E-state index contributed by atoms with van der Waals surface area (Å²) in [6.45, 7) is 0.766. The van der Waals surface area contributed by atoms with Crippen molar-refractivity contribution in [1.82, 2.24) is 5.32 Å². The van der Waals surface area contributed by atoms with E-state index >= 15 is 0 Å². The van der Waals surface area contributed by atoms with E-state index in [0.29, 0.717) is 13.0 Å². The third-order valence-electron chi connectivity index (χ3n) is 1.89. The van der Waals surface area contributed by atoms with Crippen LogP contribution in [0, 0.1) is 0 Å². The Morgan fingerprint density at radius 1 is 1.36 bits per heavy atom. The molecule has 1 atom stereocenters. The largest absolute Gasteiger partial charge is 0.355 e. The smallest absolute Gasteiger partial charge is 0.238 e. The van der Waals surface area contributed by atoms with Crippen LogP contribution >= 0.6 is 0 Å².